The number of anilines is 1. The van der Waals surface area contributed by atoms with Gasteiger partial charge in [-0.2, -0.15) is 0 Å². The molecule has 0 aromatic heterocycles. The topological polar surface area (TPSA) is 72.9 Å². The summed E-state index contributed by atoms with van der Waals surface area (Å²) in [4.78, 5) is 43.5. The highest BCUT2D eigenvalue weighted by Crippen LogP contribution is 2.55. The van der Waals surface area contributed by atoms with E-state index in [4.69, 9.17) is 9.47 Å². The first-order valence-electron chi connectivity index (χ1n) is 13.4. The number of rotatable bonds is 3. The molecule has 0 radical (unpaired) electrons. The van der Waals surface area contributed by atoms with E-state index in [1.54, 1.807) is 7.11 Å². The lowest BCUT2D eigenvalue weighted by molar-refractivity contribution is -0.142. The van der Waals surface area contributed by atoms with Crippen molar-refractivity contribution >= 4 is 39.8 Å². The highest BCUT2D eigenvalue weighted by Gasteiger charge is 2.60. The van der Waals surface area contributed by atoms with Crippen molar-refractivity contribution in [2.45, 2.75) is 19.8 Å². The third-order valence-corrected chi connectivity index (χ3v) is 8.59. The highest BCUT2D eigenvalue weighted by molar-refractivity contribution is 6.25. The fourth-order valence-corrected chi connectivity index (χ4v) is 6.64. The average molecular weight is 530 g/mol. The van der Waals surface area contributed by atoms with Crippen LogP contribution in [0.25, 0.3) is 16.3 Å². The van der Waals surface area contributed by atoms with E-state index in [2.05, 4.69) is 0 Å². The molecule has 0 N–H and O–H groups in total. The lowest BCUT2D eigenvalue weighted by atomic mass is 9.64. The molecule has 3 aliphatic rings. The zero-order chi connectivity index (χ0) is 27.7. The van der Waals surface area contributed by atoms with Crippen molar-refractivity contribution in [2.24, 2.45) is 17.8 Å². The first kappa shape index (κ1) is 24.3. The highest BCUT2D eigenvalue weighted by atomic mass is 16.5. The summed E-state index contributed by atoms with van der Waals surface area (Å²) in [6, 6.07) is 25.0. The monoisotopic (exact) mass is 529 g/mol. The largest absolute Gasteiger partial charge is 0.497 e. The van der Waals surface area contributed by atoms with Crippen molar-refractivity contribution in [3.63, 3.8) is 0 Å². The summed E-state index contributed by atoms with van der Waals surface area (Å²) in [6.07, 6.45) is 2.01. The van der Waals surface area contributed by atoms with E-state index < -0.39 is 29.6 Å². The number of allylic oxidation sites excluding steroid dienone is 1. The van der Waals surface area contributed by atoms with Crippen molar-refractivity contribution in [1.82, 2.24) is 0 Å². The van der Waals surface area contributed by atoms with Gasteiger partial charge in [-0.15, -0.1) is 0 Å². The minimum Gasteiger partial charge on any atom is -0.497 e. The molecular formula is C34H27NO5. The zero-order valence-corrected chi connectivity index (χ0v) is 22.4. The van der Waals surface area contributed by atoms with Gasteiger partial charge in [-0.25, -0.2) is 4.90 Å². The number of nitrogens with zero attached hydrogens (tertiary/aromatic N) is 1. The Bertz CT molecular complexity index is 1770. The number of ether oxygens (including phenoxy) is 2. The summed E-state index contributed by atoms with van der Waals surface area (Å²) >= 11 is 0. The summed E-state index contributed by atoms with van der Waals surface area (Å²) in [5, 5.41) is 1.79. The SMILES string of the molecule is COc1ccc([C@@H]2C=C3c4ccc5ccccc5c4OC(=O)[C@@H]3[C@H]3C(=O)N(c4cc(C)ccc4C)C(=O)[C@@H]32)cc1. The van der Waals surface area contributed by atoms with E-state index >= 15 is 0 Å². The summed E-state index contributed by atoms with van der Waals surface area (Å²) in [7, 11) is 1.61. The number of carbonyl (C=O) groups excluding carboxylic acids is 3. The number of carbonyl (C=O) groups is 3. The second-order valence-electron chi connectivity index (χ2n) is 10.8. The number of benzene rings is 4. The molecule has 2 aliphatic heterocycles. The van der Waals surface area contributed by atoms with Gasteiger partial charge in [0.2, 0.25) is 11.8 Å². The second-order valence-corrected chi connectivity index (χ2v) is 10.8. The van der Waals surface area contributed by atoms with Gasteiger partial charge in [0.1, 0.15) is 11.5 Å². The molecule has 0 saturated carbocycles. The molecule has 1 aliphatic carbocycles. The molecule has 1 fully saturated rings. The van der Waals surface area contributed by atoms with Crippen LogP contribution < -0.4 is 14.4 Å². The van der Waals surface area contributed by atoms with Crippen molar-refractivity contribution in [1.29, 1.82) is 0 Å². The molecular weight excluding hydrogens is 502 g/mol. The molecule has 0 spiro atoms. The number of amides is 2. The Morgan fingerprint density at radius 3 is 2.35 bits per heavy atom. The molecule has 7 rings (SSSR count). The number of aryl methyl sites for hydroxylation is 2. The van der Waals surface area contributed by atoms with Crippen LogP contribution >= 0.6 is 0 Å². The number of hydrogen-bond donors (Lipinski definition) is 0. The Balaban J connectivity index is 1.45. The number of esters is 1. The Hall–Kier alpha value is -4.71. The molecule has 2 heterocycles. The fourth-order valence-electron chi connectivity index (χ4n) is 6.64. The van der Waals surface area contributed by atoms with Gasteiger partial charge in [-0.3, -0.25) is 14.4 Å². The van der Waals surface area contributed by atoms with Crippen molar-refractivity contribution in [2.75, 3.05) is 12.0 Å². The van der Waals surface area contributed by atoms with E-state index in [9.17, 15) is 14.4 Å². The Labute approximate surface area is 231 Å². The maximum atomic E-state index is 14.3. The van der Waals surface area contributed by atoms with E-state index in [-0.39, 0.29) is 11.8 Å². The van der Waals surface area contributed by atoms with Crippen LogP contribution in [0.1, 0.15) is 28.2 Å². The van der Waals surface area contributed by atoms with Crippen LogP contribution in [0.4, 0.5) is 5.69 Å². The van der Waals surface area contributed by atoms with Gasteiger partial charge in [0.25, 0.3) is 0 Å². The zero-order valence-electron chi connectivity index (χ0n) is 22.4. The Morgan fingerprint density at radius 2 is 1.57 bits per heavy atom. The van der Waals surface area contributed by atoms with Crippen molar-refractivity contribution < 1.29 is 23.9 Å². The Morgan fingerprint density at radius 1 is 0.825 bits per heavy atom. The van der Waals surface area contributed by atoms with Crippen LogP contribution in [0.5, 0.6) is 11.5 Å². The number of imide groups is 1. The molecule has 6 heteroatoms. The van der Waals surface area contributed by atoms with Crippen molar-refractivity contribution in [3.8, 4) is 11.5 Å². The van der Waals surface area contributed by atoms with Gasteiger partial charge in [0.05, 0.1) is 30.6 Å². The third-order valence-electron chi connectivity index (χ3n) is 8.59. The molecule has 1 saturated heterocycles. The summed E-state index contributed by atoms with van der Waals surface area (Å²) in [6.45, 7) is 3.82. The maximum Gasteiger partial charge on any atom is 0.319 e. The van der Waals surface area contributed by atoms with Crippen LogP contribution in [0, 0.1) is 31.6 Å². The minimum atomic E-state index is -0.883. The molecule has 4 aromatic carbocycles. The normalized spacial score (nSPS) is 23.3. The van der Waals surface area contributed by atoms with E-state index in [0.717, 1.165) is 38.6 Å². The van der Waals surface area contributed by atoms with E-state index in [1.807, 2.05) is 98.8 Å². The van der Waals surface area contributed by atoms with Gasteiger partial charge >= 0.3 is 5.97 Å². The minimum absolute atomic E-state index is 0.295. The predicted octanol–water partition coefficient (Wildman–Crippen LogP) is 5.99. The molecule has 4 atom stereocenters. The van der Waals surface area contributed by atoms with Gasteiger partial charge in [-0.1, -0.05) is 66.7 Å². The van der Waals surface area contributed by atoms with Crippen LogP contribution in [0.3, 0.4) is 0 Å². The lowest BCUT2D eigenvalue weighted by Gasteiger charge is -2.38. The van der Waals surface area contributed by atoms with Gasteiger partial charge in [0.15, 0.2) is 0 Å². The number of hydrogen-bond acceptors (Lipinski definition) is 5. The molecule has 0 bridgehead atoms. The summed E-state index contributed by atoms with van der Waals surface area (Å²) < 4.78 is 11.3. The molecule has 4 aromatic rings. The molecule has 6 nitrogen and oxygen atoms in total. The first-order valence-corrected chi connectivity index (χ1v) is 13.4. The van der Waals surface area contributed by atoms with Gasteiger partial charge in [0, 0.05) is 16.9 Å². The quantitative estimate of drug-likeness (QED) is 0.185. The van der Waals surface area contributed by atoms with Gasteiger partial charge in [-0.05, 0) is 59.7 Å². The number of fused-ring (bicyclic) bond motifs is 7. The van der Waals surface area contributed by atoms with Crippen LogP contribution in [0.2, 0.25) is 0 Å². The summed E-state index contributed by atoms with van der Waals surface area (Å²) in [5.41, 5.74) is 4.73. The van der Waals surface area contributed by atoms with Crippen molar-refractivity contribution in [3.05, 3.63) is 107 Å². The molecule has 0 unspecified atom stereocenters. The smallest absolute Gasteiger partial charge is 0.319 e. The van der Waals surface area contributed by atoms with E-state index in [0.29, 0.717) is 17.2 Å². The fraction of sp³-hybridized carbons (Fsp3) is 0.206. The van der Waals surface area contributed by atoms with Crippen LogP contribution in [-0.4, -0.2) is 24.9 Å². The first-order chi connectivity index (χ1) is 19.4. The average Bonchev–Trinajstić information content (AvgIpc) is 3.23. The predicted molar refractivity (Wildman–Crippen MR) is 152 cm³/mol. The standard InChI is InChI=1S/C34H27NO5/c1-18-8-9-19(2)27(16-18)35-32(36)28-25(21-10-13-22(39-3)14-11-21)17-26-24-15-12-20-6-4-5-7-23(20)31(24)40-34(38)29(26)30(28)33(35)37/h4-17,25,28-30H,1-3H3/t25-,28+,29-,30-/m0/s1. The molecule has 198 valence electrons. The third kappa shape index (κ3) is 3.45. The van der Waals surface area contributed by atoms with Crippen LogP contribution in [0.15, 0.2) is 84.9 Å². The summed E-state index contributed by atoms with van der Waals surface area (Å²) in [5.74, 6) is -2.88. The van der Waals surface area contributed by atoms with Crippen LogP contribution in [-0.2, 0) is 14.4 Å². The lowest BCUT2D eigenvalue weighted by Crippen LogP contribution is -2.42. The van der Waals surface area contributed by atoms with Gasteiger partial charge < -0.3 is 9.47 Å². The van der Waals surface area contributed by atoms with E-state index in [1.165, 1.54) is 4.90 Å². The molecule has 40 heavy (non-hydrogen) atoms. The maximum absolute atomic E-state index is 14.3. The number of methoxy groups -OCH3 is 1. The molecule has 2 amide bonds. The second kappa shape index (κ2) is 8.91. The Kier molecular flexibility index (Phi) is 5.42.